The van der Waals surface area contributed by atoms with Crippen LogP contribution in [0, 0.1) is 17.3 Å². The second-order valence-corrected chi connectivity index (χ2v) is 6.77. The maximum absolute atomic E-state index is 3.39. The molecule has 0 spiro atoms. The van der Waals surface area contributed by atoms with Crippen LogP contribution in [0.3, 0.4) is 0 Å². The highest BCUT2D eigenvalue weighted by Crippen LogP contribution is 2.23. The highest BCUT2D eigenvalue weighted by molar-refractivity contribution is 5.85. The molecular weight excluding hydrogens is 290 g/mol. The molecule has 0 aliphatic heterocycles. The summed E-state index contributed by atoms with van der Waals surface area (Å²) in [6.45, 7) is 8.51. The van der Waals surface area contributed by atoms with Gasteiger partial charge in [-0.2, -0.15) is 0 Å². The SMILES string of the molecule is CCC(C)(C#CC=CCN(C)Cc1cccc2ccccc12)CC. The van der Waals surface area contributed by atoms with Crippen molar-refractivity contribution in [2.45, 2.75) is 40.2 Å². The standard InChI is InChI=1S/C23H29N/c1-5-23(3,6-2)17-10-7-11-18-24(4)19-21-15-12-14-20-13-8-9-16-22(20)21/h7-9,11-16H,5-6,18-19H2,1-4H3. The van der Waals surface area contributed by atoms with Gasteiger partial charge in [-0.25, -0.2) is 0 Å². The van der Waals surface area contributed by atoms with E-state index in [4.69, 9.17) is 0 Å². The quantitative estimate of drug-likeness (QED) is 0.621. The van der Waals surface area contributed by atoms with E-state index in [2.05, 4.69) is 93.1 Å². The van der Waals surface area contributed by atoms with Crippen molar-refractivity contribution in [1.82, 2.24) is 4.90 Å². The zero-order valence-electron chi connectivity index (χ0n) is 15.5. The largest absolute Gasteiger partial charge is 0.298 e. The first kappa shape index (κ1) is 18.3. The van der Waals surface area contributed by atoms with Crippen molar-refractivity contribution in [3.63, 3.8) is 0 Å². The molecule has 0 aliphatic rings. The molecule has 2 rings (SSSR count). The fourth-order valence-electron chi connectivity index (χ4n) is 2.72. The lowest BCUT2D eigenvalue weighted by Gasteiger charge is -2.18. The number of allylic oxidation sites excluding steroid dienone is 1. The van der Waals surface area contributed by atoms with Crippen LogP contribution < -0.4 is 0 Å². The highest BCUT2D eigenvalue weighted by Gasteiger charge is 2.14. The number of hydrogen-bond donors (Lipinski definition) is 0. The van der Waals surface area contributed by atoms with Crippen LogP contribution in [-0.2, 0) is 6.54 Å². The van der Waals surface area contributed by atoms with Crippen LogP contribution in [0.25, 0.3) is 10.8 Å². The lowest BCUT2D eigenvalue weighted by atomic mass is 9.86. The first-order valence-corrected chi connectivity index (χ1v) is 8.91. The molecule has 0 fully saturated rings. The summed E-state index contributed by atoms with van der Waals surface area (Å²) in [6.07, 6.45) is 6.36. The van der Waals surface area contributed by atoms with E-state index in [1.807, 2.05) is 6.08 Å². The highest BCUT2D eigenvalue weighted by atomic mass is 15.1. The molecule has 126 valence electrons. The molecule has 0 aliphatic carbocycles. The van der Waals surface area contributed by atoms with Gasteiger partial charge in [0.2, 0.25) is 0 Å². The smallest absolute Gasteiger partial charge is 0.0284 e. The lowest BCUT2D eigenvalue weighted by Crippen LogP contribution is -2.17. The van der Waals surface area contributed by atoms with Crippen molar-refractivity contribution in [1.29, 1.82) is 0 Å². The van der Waals surface area contributed by atoms with E-state index < -0.39 is 0 Å². The van der Waals surface area contributed by atoms with E-state index in [0.717, 1.165) is 25.9 Å². The molecule has 2 aromatic carbocycles. The second-order valence-electron chi connectivity index (χ2n) is 6.77. The lowest BCUT2D eigenvalue weighted by molar-refractivity contribution is 0.365. The third-order valence-corrected chi connectivity index (χ3v) is 4.87. The van der Waals surface area contributed by atoms with Gasteiger partial charge < -0.3 is 0 Å². The maximum atomic E-state index is 3.39. The van der Waals surface area contributed by atoms with Crippen LogP contribution in [0.2, 0.25) is 0 Å². The van der Waals surface area contributed by atoms with E-state index >= 15 is 0 Å². The number of rotatable bonds is 6. The topological polar surface area (TPSA) is 3.24 Å². The Labute approximate surface area is 147 Å². The van der Waals surface area contributed by atoms with Crippen molar-refractivity contribution in [2.24, 2.45) is 5.41 Å². The minimum absolute atomic E-state index is 0.152. The minimum Gasteiger partial charge on any atom is -0.298 e. The van der Waals surface area contributed by atoms with Gasteiger partial charge in [0.1, 0.15) is 0 Å². The van der Waals surface area contributed by atoms with Crippen LogP contribution in [0.5, 0.6) is 0 Å². The van der Waals surface area contributed by atoms with E-state index in [9.17, 15) is 0 Å². The molecule has 0 bridgehead atoms. The molecule has 1 nitrogen and oxygen atoms in total. The molecule has 0 saturated heterocycles. The third-order valence-electron chi connectivity index (χ3n) is 4.87. The van der Waals surface area contributed by atoms with Crippen LogP contribution in [0.15, 0.2) is 54.6 Å². The summed E-state index contributed by atoms with van der Waals surface area (Å²) in [5.41, 5.74) is 1.53. The van der Waals surface area contributed by atoms with Gasteiger partial charge in [0.05, 0.1) is 0 Å². The Morgan fingerprint density at radius 2 is 1.75 bits per heavy atom. The van der Waals surface area contributed by atoms with Gasteiger partial charge >= 0.3 is 0 Å². The normalized spacial score (nSPS) is 11.9. The third kappa shape index (κ3) is 4.98. The molecule has 0 heterocycles. The van der Waals surface area contributed by atoms with Crippen LogP contribution in [-0.4, -0.2) is 18.5 Å². The Morgan fingerprint density at radius 1 is 1.04 bits per heavy atom. The molecular formula is C23H29N. The summed E-state index contributed by atoms with van der Waals surface area (Å²) in [4.78, 5) is 2.32. The van der Waals surface area contributed by atoms with Crippen molar-refractivity contribution >= 4 is 10.8 Å². The molecule has 0 N–H and O–H groups in total. The molecule has 0 aromatic heterocycles. The van der Waals surface area contributed by atoms with Crippen molar-refractivity contribution in [2.75, 3.05) is 13.6 Å². The van der Waals surface area contributed by atoms with Gasteiger partial charge in [0, 0.05) is 18.5 Å². The van der Waals surface area contributed by atoms with Crippen molar-refractivity contribution in [3.8, 4) is 11.8 Å². The molecule has 0 atom stereocenters. The Hall–Kier alpha value is -2.04. The Morgan fingerprint density at radius 3 is 2.50 bits per heavy atom. The molecule has 1 heteroatoms. The predicted octanol–water partition coefficient (Wildman–Crippen LogP) is 5.66. The molecule has 0 saturated carbocycles. The van der Waals surface area contributed by atoms with Crippen LogP contribution in [0.1, 0.15) is 39.2 Å². The number of benzene rings is 2. The first-order valence-electron chi connectivity index (χ1n) is 8.91. The molecule has 24 heavy (non-hydrogen) atoms. The number of hydrogen-bond acceptors (Lipinski definition) is 1. The Bertz CT molecular complexity index is 736. The number of fused-ring (bicyclic) bond motifs is 1. The van der Waals surface area contributed by atoms with Crippen molar-refractivity contribution < 1.29 is 0 Å². The summed E-state index contributed by atoms with van der Waals surface area (Å²) in [5, 5.41) is 2.65. The first-order chi connectivity index (χ1) is 11.6. The van der Waals surface area contributed by atoms with E-state index in [1.165, 1.54) is 16.3 Å². The minimum atomic E-state index is 0.152. The van der Waals surface area contributed by atoms with Crippen molar-refractivity contribution in [3.05, 3.63) is 60.2 Å². The van der Waals surface area contributed by atoms with Gasteiger partial charge in [-0.15, -0.1) is 0 Å². The number of likely N-dealkylation sites (N-methyl/N-ethyl adjacent to an activating group) is 1. The second kappa shape index (κ2) is 8.71. The molecule has 2 aromatic rings. The summed E-state index contributed by atoms with van der Waals surface area (Å²) in [6, 6.07) is 15.1. The van der Waals surface area contributed by atoms with Gasteiger partial charge in [-0.3, -0.25) is 4.90 Å². The fourth-order valence-corrected chi connectivity index (χ4v) is 2.72. The molecule has 0 amide bonds. The fraction of sp³-hybridized carbons (Fsp3) is 0.391. The Balaban J connectivity index is 1.95. The predicted molar refractivity (Wildman–Crippen MR) is 106 cm³/mol. The summed E-state index contributed by atoms with van der Waals surface area (Å²) >= 11 is 0. The van der Waals surface area contributed by atoms with Crippen LogP contribution in [0.4, 0.5) is 0 Å². The van der Waals surface area contributed by atoms with Gasteiger partial charge in [-0.1, -0.05) is 74.2 Å². The number of nitrogens with zero attached hydrogens (tertiary/aromatic N) is 1. The summed E-state index contributed by atoms with van der Waals surface area (Å²) < 4.78 is 0. The van der Waals surface area contributed by atoms with Gasteiger partial charge in [-0.05, 0) is 49.2 Å². The van der Waals surface area contributed by atoms with E-state index in [1.54, 1.807) is 0 Å². The molecule has 0 unspecified atom stereocenters. The molecule has 0 radical (unpaired) electrons. The average molecular weight is 319 g/mol. The summed E-state index contributed by atoms with van der Waals surface area (Å²) in [5.74, 6) is 6.61. The Kier molecular flexibility index (Phi) is 6.64. The summed E-state index contributed by atoms with van der Waals surface area (Å²) in [7, 11) is 2.15. The van der Waals surface area contributed by atoms with E-state index in [-0.39, 0.29) is 5.41 Å². The van der Waals surface area contributed by atoms with Gasteiger partial charge in [0.15, 0.2) is 0 Å². The van der Waals surface area contributed by atoms with E-state index in [0.29, 0.717) is 0 Å². The monoisotopic (exact) mass is 319 g/mol. The van der Waals surface area contributed by atoms with Gasteiger partial charge in [0.25, 0.3) is 0 Å². The average Bonchev–Trinajstić information content (AvgIpc) is 2.61. The zero-order valence-corrected chi connectivity index (χ0v) is 15.5. The van der Waals surface area contributed by atoms with Crippen LogP contribution >= 0.6 is 0 Å². The zero-order chi connectivity index (χ0) is 17.4. The maximum Gasteiger partial charge on any atom is 0.0284 e.